The number of hydrogen-bond acceptors (Lipinski definition) is 5. The molecule has 2 N–H and O–H groups in total. The van der Waals surface area contributed by atoms with Crippen molar-refractivity contribution < 1.29 is 19.2 Å². The highest BCUT2D eigenvalue weighted by Gasteiger charge is 2.22. The molecule has 1 saturated heterocycles. The number of ether oxygens (including phenoxy) is 1. The lowest BCUT2D eigenvalue weighted by molar-refractivity contribution is -0.384. The quantitative estimate of drug-likeness (QED) is 0.232. The zero-order chi connectivity index (χ0) is 18.7. The van der Waals surface area contributed by atoms with E-state index >= 15 is 0 Å². The summed E-state index contributed by atoms with van der Waals surface area (Å²) in [7, 11) is 0. The summed E-state index contributed by atoms with van der Waals surface area (Å²) in [5.41, 5.74) is 1.60. The lowest BCUT2D eigenvalue weighted by atomic mass is 10.2. The Morgan fingerprint density at radius 2 is 1.96 bits per heavy atom. The summed E-state index contributed by atoms with van der Waals surface area (Å²) in [6.45, 7) is 0.191. The van der Waals surface area contributed by atoms with Crippen molar-refractivity contribution in [1.29, 1.82) is 0 Å². The van der Waals surface area contributed by atoms with E-state index in [2.05, 4.69) is 33.2 Å². The fourth-order valence-corrected chi connectivity index (χ4v) is 2.99. The van der Waals surface area contributed by atoms with E-state index in [4.69, 9.17) is 4.74 Å². The van der Waals surface area contributed by atoms with Gasteiger partial charge in [0.25, 0.3) is 11.6 Å². The van der Waals surface area contributed by atoms with Crippen LogP contribution in [0.2, 0.25) is 0 Å². The van der Waals surface area contributed by atoms with Gasteiger partial charge in [-0.1, -0.05) is 18.2 Å². The van der Waals surface area contributed by atoms with Gasteiger partial charge in [-0.25, -0.2) is 4.79 Å². The minimum atomic E-state index is -0.548. The van der Waals surface area contributed by atoms with Crippen LogP contribution in [0.4, 0.5) is 10.5 Å². The van der Waals surface area contributed by atoms with E-state index < -0.39 is 16.9 Å². The summed E-state index contributed by atoms with van der Waals surface area (Å²) in [5.74, 6) is 0.134. The van der Waals surface area contributed by atoms with Gasteiger partial charge in [-0.2, -0.15) is 0 Å². The van der Waals surface area contributed by atoms with Crippen LogP contribution in [0.1, 0.15) is 11.1 Å². The molecule has 3 rings (SSSR count). The number of nitro benzene ring substituents is 1. The Morgan fingerprint density at radius 3 is 2.62 bits per heavy atom. The zero-order valence-electron chi connectivity index (χ0n) is 13.2. The summed E-state index contributed by atoms with van der Waals surface area (Å²) >= 11 is 2.09. The summed E-state index contributed by atoms with van der Waals surface area (Å²) < 4.78 is 6.52. The first-order valence-corrected chi connectivity index (χ1v) is 8.50. The number of carbonyl (C=O) groups is 2. The monoisotopic (exact) mass is 465 g/mol. The molecule has 0 aromatic heterocycles. The van der Waals surface area contributed by atoms with Crippen molar-refractivity contribution in [1.82, 2.24) is 10.6 Å². The molecule has 8 nitrogen and oxygen atoms in total. The third kappa shape index (κ3) is 4.17. The van der Waals surface area contributed by atoms with E-state index in [9.17, 15) is 19.7 Å². The van der Waals surface area contributed by atoms with E-state index in [1.165, 1.54) is 12.1 Å². The molecule has 2 aromatic carbocycles. The van der Waals surface area contributed by atoms with Crippen molar-refractivity contribution in [2.45, 2.75) is 6.61 Å². The second-order valence-corrected chi connectivity index (χ2v) is 6.53. The first-order chi connectivity index (χ1) is 12.4. The average molecular weight is 465 g/mol. The van der Waals surface area contributed by atoms with Gasteiger partial charge < -0.3 is 10.1 Å². The second-order valence-electron chi connectivity index (χ2n) is 5.37. The normalized spacial score (nSPS) is 14.9. The SMILES string of the molecule is O=C1NC(=O)/C(=C\c2ccc(OCc3cccc([N+](=O)[O-])c3)c(I)c2)N1. The predicted molar refractivity (Wildman–Crippen MR) is 101 cm³/mol. The molecule has 26 heavy (non-hydrogen) atoms. The molecule has 0 bridgehead atoms. The van der Waals surface area contributed by atoms with Crippen LogP contribution in [-0.4, -0.2) is 16.9 Å². The summed E-state index contributed by atoms with van der Waals surface area (Å²) in [4.78, 5) is 33.0. The van der Waals surface area contributed by atoms with Gasteiger partial charge in [0.2, 0.25) is 0 Å². The Labute approximate surface area is 161 Å². The Morgan fingerprint density at radius 1 is 1.15 bits per heavy atom. The highest BCUT2D eigenvalue weighted by molar-refractivity contribution is 14.1. The first-order valence-electron chi connectivity index (χ1n) is 7.42. The van der Waals surface area contributed by atoms with Crippen molar-refractivity contribution in [2.75, 3.05) is 0 Å². The zero-order valence-corrected chi connectivity index (χ0v) is 15.3. The number of non-ortho nitro benzene ring substituents is 1. The van der Waals surface area contributed by atoms with Gasteiger partial charge in [0.05, 0.1) is 8.49 Å². The Hall–Kier alpha value is -2.95. The molecule has 3 amide bonds. The average Bonchev–Trinajstić information content (AvgIpc) is 2.91. The van der Waals surface area contributed by atoms with Gasteiger partial charge >= 0.3 is 6.03 Å². The van der Waals surface area contributed by atoms with Gasteiger partial charge in [0, 0.05) is 12.1 Å². The van der Waals surface area contributed by atoms with E-state index in [1.807, 2.05) is 0 Å². The number of nitrogens with zero attached hydrogens (tertiary/aromatic N) is 1. The number of rotatable bonds is 5. The molecule has 0 unspecified atom stereocenters. The van der Waals surface area contributed by atoms with E-state index in [-0.39, 0.29) is 18.0 Å². The van der Waals surface area contributed by atoms with Crippen LogP contribution in [0.5, 0.6) is 5.75 Å². The topological polar surface area (TPSA) is 111 Å². The van der Waals surface area contributed by atoms with Crippen LogP contribution >= 0.6 is 22.6 Å². The van der Waals surface area contributed by atoms with Crippen LogP contribution in [0, 0.1) is 13.7 Å². The van der Waals surface area contributed by atoms with Crippen molar-refractivity contribution in [2.24, 2.45) is 0 Å². The van der Waals surface area contributed by atoms with Crippen LogP contribution in [0.15, 0.2) is 48.2 Å². The molecular weight excluding hydrogens is 453 g/mol. The van der Waals surface area contributed by atoms with Crippen LogP contribution < -0.4 is 15.4 Å². The maximum atomic E-state index is 11.5. The summed E-state index contributed by atoms with van der Waals surface area (Å²) in [5, 5.41) is 15.4. The Balaban J connectivity index is 1.71. The molecule has 0 radical (unpaired) electrons. The van der Waals surface area contributed by atoms with Crippen LogP contribution in [-0.2, 0) is 11.4 Å². The van der Waals surface area contributed by atoms with Crippen molar-refractivity contribution in [3.63, 3.8) is 0 Å². The van der Waals surface area contributed by atoms with E-state index in [0.717, 1.165) is 9.13 Å². The van der Waals surface area contributed by atoms with Crippen LogP contribution in [0.3, 0.4) is 0 Å². The van der Waals surface area contributed by atoms with Gasteiger partial charge in [-0.05, 0) is 51.9 Å². The predicted octanol–water partition coefficient (Wildman–Crippen LogP) is 2.96. The number of nitro groups is 1. The molecule has 1 heterocycles. The molecule has 2 aromatic rings. The van der Waals surface area contributed by atoms with Gasteiger partial charge in [-0.15, -0.1) is 0 Å². The number of nitrogens with one attached hydrogen (secondary N) is 2. The fraction of sp³-hybridized carbons (Fsp3) is 0.0588. The van der Waals surface area contributed by atoms with E-state index in [1.54, 1.807) is 36.4 Å². The standard InChI is InChI=1S/C17H12IN3O5/c18-13-7-10(8-14-16(22)20-17(23)19-14)4-5-15(13)26-9-11-2-1-3-12(6-11)21(24)25/h1-8H,9H2,(H2,19,20,22,23)/b14-8+. The number of imide groups is 1. The summed E-state index contributed by atoms with van der Waals surface area (Å²) in [6, 6.07) is 11.0. The number of benzene rings is 2. The number of urea groups is 1. The second kappa shape index (κ2) is 7.52. The first kappa shape index (κ1) is 17.9. The highest BCUT2D eigenvalue weighted by Crippen LogP contribution is 2.25. The molecule has 9 heteroatoms. The van der Waals surface area contributed by atoms with Crippen molar-refractivity contribution >= 4 is 46.3 Å². The molecular formula is C17H12IN3O5. The maximum Gasteiger partial charge on any atom is 0.326 e. The third-order valence-corrected chi connectivity index (χ3v) is 4.35. The highest BCUT2D eigenvalue weighted by atomic mass is 127. The molecule has 0 aliphatic carbocycles. The number of carbonyl (C=O) groups excluding carboxylic acids is 2. The van der Waals surface area contributed by atoms with Gasteiger partial charge in [-0.3, -0.25) is 20.2 Å². The molecule has 1 aliphatic heterocycles. The Bertz CT molecular complexity index is 942. The van der Waals surface area contributed by atoms with E-state index in [0.29, 0.717) is 11.3 Å². The fourth-order valence-electron chi connectivity index (χ4n) is 2.29. The van der Waals surface area contributed by atoms with Gasteiger partial charge in [0.15, 0.2) is 0 Å². The molecule has 132 valence electrons. The largest absolute Gasteiger partial charge is 0.488 e. The molecule has 0 spiro atoms. The molecule has 1 fully saturated rings. The summed E-state index contributed by atoms with van der Waals surface area (Å²) in [6.07, 6.45) is 1.56. The number of amides is 3. The Kier molecular flexibility index (Phi) is 5.16. The third-order valence-electron chi connectivity index (χ3n) is 3.50. The molecule has 0 saturated carbocycles. The van der Waals surface area contributed by atoms with Gasteiger partial charge in [0.1, 0.15) is 18.1 Å². The lowest BCUT2D eigenvalue weighted by Gasteiger charge is -2.09. The number of halogens is 1. The minimum absolute atomic E-state index is 0.0136. The molecule has 1 aliphatic rings. The molecule has 0 atom stereocenters. The maximum absolute atomic E-state index is 11.5. The van der Waals surface area contributed by atoms with Crippen molar-refractivity contribution in [3.8, 4) is 5.75 Å². The smallest absolute Gasteiger partial charge is 0.326 e. The van der Waals surface area contributed by atoms with Crippen LogP contribution in [0.25, 0.3) is 6.08 Å². The number of hydrogen-bond donors (Lipinski definition) is 2. The lowest BCUT2D eigenvalue weighted by Crippen LogP contribution is -2.22. The minimum Gasteiger partial charge on any atom is -0.488 e. The van der Waals surface area contributed by atoms with Crippen molar-refractivity contribution in [3.05, 3.63) is 73.0 Å².